The molecule has 1 N–H and O–H groups in total. The van der Waals surface area contributed by atoms with Crippen LogP contribution in [0, 0.1) is 0 Å². The lowest BCUT2D eigenvalue weighted by atomic mass is 9.96. The predicted molar refractivity (Wildman–Crippen MR) is 95.8 cm³/mol. The second-order valence-corrected chi connectivity index (χ2v) is 8.36. The number of rotatable bonds is 5. The van der Waals surface area contributed by atoms with Crippen molar-refractivity contribution in [3.05, 3.63) is 47.5 Å². The molecule has 3 rings (SSSR count). The molecule has 1 aliphatic rings. The molecule has 1 fully saturated rings. The maximum absolute atomic E-state index is 12.1. The number of piperidine rings is 1. The Hall–Kier alpha value is -1.99. The molecule has 25 heavy (non-hydrogen) atoms. The molecular formula is C18H23N3O3S. The Balaban J connectivity index is 1.92. The zero-order valence-electron chi connectivity index (χ0n) is 14.5. The molecule has 2 aromatic rings. The van der Waals surface area contributed by atoms with Crippen molar-refractivity contribution in [1.29, 1.82) is 0 Å². The van der Waals surface area contributed by atoms with Crippen molar-refractivity contribution in [3.8, 4) is 5.75 Å². The zero-order chi connectivity index (χ0) is 17.9. The van der Waals surface area contributed by atoms with Crippen LogP contribution >= 0.6 is 0 Å². The van der Waals surface area contributed by atoms with Crippen LogP contribution in [0.1, 0.15) is 35.8 Å². The van der Waals surface area contributed by atoms with E-state index in [4.69, 9.17) is 4.74 Å². The van der Waals surface area contributed by atoms with Crippen LogP contribution in [0.4, 0.5) is 0 Å². The van der Waals surface area contributed by atoms with Gasteiger partial charge in [0.05, 0.1) is 12.8 Å². The van der Waals surface area contributed by atoms with Crippen LogP contribution in [0.3, 0.4) is 0 Å². The number of hydrogen-bond donors (Lipinski definition) is 1. The van der Waals surface area contributed by atoms with Gasteiger partial charge in [0.15, 0.2) is 9.84 Å². The van der Waals surface area contributed by atoms with E-state index < -0.39 is 9.84 Å². The van der Waals surface area contributed by atoms with Gasteiger partial charge in [0.1, 0.15) is 16.5 Å². The molecule has 134 valence electrons. The number of nitrogens with one attached hydrogen (secondary N) is 1. The molecule has 0 spiro atoms. The Kier molecular flexibility index (Phi) is 5.34. The molecule has 6 nitrogen and oxygen atoms in total. The quantitative estimate of drug-likeness (QED) is 0.877. The first-order valence-corrected chi connectivity index (χ1v) is 10.3. The number of methoxy groups -OCH3 is 1. The second-order valence-electron chi connectivity index (χ2n) is 6.38. The summed E-state index contributed by atoms with van der Waals surface area (Å²) >= 11 is 0. The molecule has 1 aliphatic heterocycles. The molecule has 0 radical (unpaired) electrons. The molecule has 0 bridgehead atoms. The van der Waals surface area contributed by atoms with Gasteiger partial charge in [-0.25, -0.2) is 18.4 Å². The summed E-state index contributed by atoms with van der Waals surface area (Å²) in [5.41, 5.74) is 1.70. The van der Waals surface area contributed by atoms with Crippen molar-refractivity contribution in [1.82, 2.24) is 15.3 Å². The smallest absolute Gasteiger partial charge is 0.178 e. The van der Waals surface area contributed by atoms with Gasteiger partial charge in [0.2, 0.25) is 0 Å². The summed E-state index contributed by atoms with van der Waals surface area (Å²) in [5.74, 6) is 1.54. The third-order valence-electron chi connectivity index (χ3n) is 4.44. The van der Waals surface area contributed by atoms with Crippen molar-refractivity contribution in [2.75, 3.05) is 26.5 Å². The van der Waals surface area contributed by atoms with E-state index in [1.54, 1.807) is 7.11 Å². The largest absolute Gasteiger partial charge is 0.497 e. The molecule has 7 heteroatoms. The Bertz CT molecular complexity index is 829. The molecule has 0 aliphatic carbocycles. The number of benzene rings is 1. The highest BCUT2D eigenvalue weighted by Crippen LogP contribution is 2.27. The third kappa shape index (κ3) is 4.35. The highest BCUT2D eigenvalue weighted by Gasteiger charge is 2.25. The molecule has 1 atom stereocenters. The number of ether oxygens (including phenoxy) is 1. The van der Waals surface area contributed by atoms with Crippen LogP contribution in [0.2, 0.25) is 0 Å². The minimum atomic E-state index is -3.35. The minimum absolute atomic E-state index is 0.107. The van der Waals surface area contributed by atoms with Crippen molar-refractivity contribution < 1.29 is 13.2 Å². The van der Waals surface area contributed by atoms with Crippen LogP contribution in [-0.2, 0) is 16.3 Å². The van der Waals surface area contributed by atoms with E-state index in [1.807, 2.05) is 24.3 Å². The molecule has 1 aromatic carbocycles. The molecule has 2 heterocycles. The lowest BCUT2D eigenvalue weighted by Crippen LogP contribution is -2.30. The first kappa shape index (κ1) is 17.8. The van der Waals surface area contributed by atoms with Crippen molar-refractivity contribution >= 4 is 9.84 Å². The van der Waals surface area contributed by atoms with Gasteiger partial charge in [-0.15, -0.1) is 0 Å². The van der Waals surface area contributed by atoms with Crippen LogP contribution in [0.15, 0.2) is 35.4 Å². The topological polar surface area (TPSA) is 81.2 Å². The van der Waals surface area contributed by atoms with Crippen molar-refractivity contribution in [2.24, 2.45) is 0 Å². The fraction of sp³-hybridized carbons (Fsp3) is 0.444. The van der Waals surface area contributed by atoms with Gasteiger partial charge in [-0.05, 0) is 37.1 Å². The molecule has 0 unspecified atom stereocenters. The average Bonchev–Trinajstić information content (AvgIpc) is 2.62. The second kappa shape index (κ2) is 7.49. The van der Waals surface area contributed by atoms with E-state index >= 15 is 0 Å². The molecule has 1 saturated heterocycles. The van der Waals surface area contributed by atoms with E-state index in [0.717, 1.165) is 37.2 Å². The van der Waals surface area contributed by atoms with Crippen LogP contribution in [0.25, 0.3) is 0 Å². The SMILES string of the molecule is COc1ccc(Cc2ncc(S(C)(=O)=O)c([C@H]3CCCNC3)n2)cc1. The summed E-state index contributed by atoms with van der Waals surface area (Å²) in [5, 5.41) is 3.32. The summed E-state index contributed by atoms with van der Waals surface area (Å²) in [6.45, 7) is 1.72. The third-order valence-corrected chi connectivity index (χ3v) is 5.55. The zero-order valence-corrected chi connectivity index (χ0v) is 15.3. The molecule has 1 aromatic heterocycles. The minimum Gasteiger partial charge on any atom is -0.497 e. The first-order chi connectivity index (χ1) is 12.0. The number of aromatic nitrogens is 2. The highest BCUT2D eigenvalue weighted by atomic mass is 32.2. The number of sulfone groups is 1. The summed E-state index contributed by atoms with van der Waals surface area (Å²) < 4.78 is 29.4. The molecule has 0 saturated carbocycles. The van der Waals surface area contributed by atoms with Gasteiger partial charge in [0, 0.05) is 31.3 Å². The standard InChI is InChI=1S/C18H23N3O3S/c1-24-15-7-5-13(6-8-15)10-17-20-12-16(25(2,22)23)18(21-17)14-4-3-9-19-11-14/h5-8,12,14,19H,3-4,9-11H2,1-2H3/t14-/m0/s1. The summed E-state index contributed by atoms with van der Waals surface area (Å²) in [7, 11) is -1.72. The summed E-state index contributed by atoms with van der Waals surface area (Å²) in [6.07, 6.45) is 5.20. The highest BCUT2D eigenvalue weighted by molar-refractivity contribution is 7.90. The lowest BCUT2D eigenvalue weighted by Gasteiger charge is -2.24. The van der Waals surface area contributed by atoms with E-state index in [9.17, 15) is 8.42 Å². The van der Waals surface area contributed by atoms with E-state index in [0.29, 0.717) is 17.9 Å². The maximum Gasteiger partial charge on any atom is 0.178 e. The fourth-order valence-corrected chi connectivity index (χ4v) is 3.93. The molecule has 0 amide bonds. The van der Waals surface area contributed by atoms with Gasteiger partial charge in [-0.1, -0.05) is 12.1 Å². The van der Waals surface area contributed by atoms with E-state index in [2.05, 4.69) is 15.3 Å². The number of hydrogen-bond acceptors (Lipinski definition) is 6. The predicted octanol–water partition coefficient (Wildman–Crippen LogP) is 1.95. The lowest BCUT2D eigenvalue weighted by molar-refractivity contribution is 0.414. The first-order valence-electron chi connectivity index (χ1n) is 8.37. The van der Waals surface area contributed by atoms with Crippen LogP contribution in [-0.4, -0.2) is 44.8 Å². The van der Waals surface area contributed by atoms with Gasteiger partial charge in [0.25, 0.3) is 0 Å². The number of nitrogens with zero attached hydrogens (tertiary/aromatic N) is 2. The van der Waals surface area contributed by atoms with Crippen LogP contribution in [0.5, 0.6) is 5.75 Å². The van der Waals surface area contributed by atoms with Gasteiger partial charge in [-0.3, -0.25) is 0 Å². The van der Waals surface area contributed by atoms with E-state index in [-0.39, 0.29) is 10.8 Å². The summed E-state index contributed by atoms with van der Waals surface area (Å²) in [6, 6.07) is 7.72. The fourth-order valence-electron chi connectivity index (χ4n) is 3.10. The normalized spacial score (nSPS) is 18.1. The Labute approximate surface area is 148 Å². The molecular weight excluding hydrogens is 338 g/mol. The van der Waals surface area contributed by atoms with E-state index in [1.165, 1.54) is 12.5 Å². The Morgan fingerprint density at radius 1 is 1.28 bits per heavy atom. The van der Waals surface area contributed by atoms with Crippen LogP contribution < -0.4 is 10.1 Å². The average molecular weight is 361 g/mol. The van der Waals surface area contributed by atoms with Gasteiger partial charge >= 0.3 is 0 Å². The van der Waals surface area contributed by atoms with Crippen molar-refractivity contribution in [2.45, 2.75) is 30.1 Å². The Morgan fingerprint density at radius 2 is 2.04 bits per heavy atom. The van der Waals surface area contributed by atoms with Gasteiger partial charge in [-0.2, -0.15) is 0 Å². The monoisotopic (exact) mass is 361 g/mol. The Morgan fingerprint density at radius 3 is 2.64 bits per heavy atom. The van der Waals surface area contributed by atoms with Crippen molar-refractivity contribution in [3.63, 3.8) is 0 Å². The van der Waals surface area contributed by atoms with Gasteiger partial charge < -0.3 is 10.1 Å². The summed E-state index contributed by atoms with van der Waals surface area (Å²) in [4.78, 5) is 9.19. The maximum atomic E-state index is 12.1.